The average Bonchev–Trinajstić information content (AvgIpc) is 3.37. The lowest BCUT2D eigenvalue weighted by Crippen LogP contribution is -2.42. The summed E-state index contributed by atoms with van der Waals surface area (Å²) in [6, 6.07) is 10.8. The van der Waals surface area contributed by atoms with E-state index in [0.29, 0.717) is 24.2 Å². The van der Waals surface area contributed by atoms with Crippen LogP contribution < -0.4 is 0 Å². The Balaban J connectivity index is 1.57. The maximum Gasteiger partial charge on any atom is 0.290 e. The van der Waals surface area contributed by atoms with Gasteiger partial charge in [0.05, 0.1) is 30.3 Å². The van der Waals surface area contributed by atoms with Gasteiger partial charge in [-0.1, -0.05) is 12.1 Å². The molecule has 1 aliphatic carbocycles. The third kappa shape index (κ3) is 3.16. The first-order valence-electron chi connectivity index (χ1n) is 10.1. The molecule has 5 rings (SSSR count). The first kappa shape index (κ1) is 19.4. The fraction of sp³-hybridized carbons (Fsp3) is 0.391. The van der Waals surface area contributed by atoms with E-state index >= 15 is 0 Å². The van der Waals surface area contributed by atoms with Gasteiger partial charge in [0.1, 0.15) is 18.0 Å². The number of hydrogen-bond donors (Lipinski definition) is 0. The van der Waals surface area contributed by atoms with Crippen LogP contribution in [0.1, 0.15) is 36.6 Å². The second-order valence-electron chi connectivity index (χ2n) is 7.97. The first-order valence-corrected chi connectivity index (χ1v) is 11.4. The Kier molecular flexibility index (Phi) is 4.93. The fourth-order valence-corrected chi connectivity index (χ4v) is 5.14. The molecule has 30 heavy (non-hydrogen) atoms. The highest BCUT2D eigenvalue weighted by atomic mass is 32.2. The summed E-state index contributed by atoms with van der Waals surface area (Å²) in [6.45, 7) is 0.228. The number of ketones is 1. The number of ether oxygens (including phenoxy) is 1. The molecule has 2 aromatic rings. The maximum absolute atomic E-state index is 14.1. The number of nitrogens with zero attached hydrogens (tertiary/aromatic N) is 1. The van der Waals surface area contributed by atoms with Crippen molar-refractivity contribution in [3.63, 3.8) is 0 Å². The van der Waals surface area contributed by atoms with E-state index in [1.807, 2.05) is 30.5 Å². The number of benzene rings is 1. The lowest BCUT2D eigenvalue weighted by Gasteiger charge is -2.36. The first-order chi connectivity index (χ1) is 14.6. The van der Waals surface area contributed by atoms with Crippen LogP contribution in [0.25, 0.3) is 0 Å². The molecular weight excluding hydrogens is 405 g/mol. The van der Waals surface area contributed by atoms with E-state index in [2.05, 4.69) is 0 Å². The van der Waals surface area contributed by atoms with Crippen molar-refractivity contribution in [3.05, 3.63) is 65.3 Å². The number of rotatable bonds is 4. The average molecular weight is 427 g/mol. The lowest BCUT2D eigenvalue weighted by atomic mass is 9.77. The highest BCUT2D eigenvalue weighted by molar-refractivity contribution is 7.98. The highest BCUT2D eigenvalue weighted by Gasteiger charge is 2.53. The molecule has 1 aromatic carbocycles. The summed E-state index contributed by atoms with van der Waals surface area (Å²) in [5.74, 6) is -0.240. The molecule has 2 aliphatic heterocycles. The Labute approximate surface area is 178 Å². The molecule has 1 fully saturated rings. The number of amides is 1. The smallest absolute Gasteiger partial charge is 0.290 e. The molecule has 1 amide bonds. The van der Waals surface area contributed by atoms with Gasteiger partial charge in [0.25, 0.3) is 5.91 Å². The van der Waals surface area contributed by atoms with Crippen LogP contribution in [-0.4, -0.2) is 35.1 Å². The molecule has 4 unspecified atom stereocenters. The third-order valence-electron chi connectivity index (χ3n) is 6.22. The second kappa shape index (κ2) is 7.61. The molecule has 0 N–H and O–H groups in total. The Hall–Kier alpha value is -2.54. The molecule has 3 heterocycles. The molecule has 0 saturated heterocycles. The van der Waals surface area contributed by atoms with Gasteiger partial charge in [-0.05, 0) is 55.3 Å². The number of hydrogen-bond acceptors (Lipinski definition) is 5. The molecular formula is C23H22FNO4S. The second-order valence-corrected chi connectivity index (χ2v) is 8.85. The predicted octanol–water partition coefficient (Wildman–Crippen LogP) is 4.45. The van der Waals surface area contributed by atoms with Crippen LogP contribution in [0, 0.1) is 5.92 Å². The van der Waals surface area contributed by atoms with Crippen molar-refractivity contribution in [2.24, 2.45) is 5.92 Å². The van der Waals surface area contributed by atoms with Gasteiger partial charge in [-0.2, -0.15) is 0 Å². The molecule has 1 saturated carbocycles. The van der Waals surface area contributed by atoms with Gasteiger partial charge in [-0.15, -0.1) is 11.8 Å². The fourth-order valence-electron chi connectivity index (χ4n) is 4.73. The monoisotopic (exact) mass is 427 g/mol. The SMILES string of the molecule is CSc1ccc(C2C3=C(OC4CCC(F)CC4C3=O)C(=O)N2Cc2ccco2)cc1. The Morgan fingerprint density at radius 1 is 1.17 bits per heavy atom. The molecule has 0 radical (unpaired) electrons. The summed E-state index contributed by atoms with van der Waals surface area (Å²) >= 11 is 1.62. The largest absolute Gasteiger partial charge is 0.483 e. The van der Waals surface area contributed by atoms with Crippen LogP contribution >= 0.6 is 11.8 Å². The Morgan fingerprint density at radius 3 is 2.67 bits per heavy atom. The zero-order valence-corrected chi connectivity index (χ0v) is 17.4. The minimum Gasteiger partial charge on any atom is -0.483 e. The van der Waals surface area contributed by atoms with Gasteiger partial charge >= 0.3 is 0 Å². The summed E-state index contributed by atoms with van der Waals surface area (Å²) < 4.78 is 25.6. The standard InChI is InChI=1S/C23H22FNO4S/c1-30-16-7-4-13(5-8-16)20-19-21(26)17-11-14(24)6-9-18(17)29-22(19)23(27)25(20)12-15-3-2-10-28-15/h2-5,7-8,10,14,17-18,20H,6,9,11-12H2,1H3. The van der Waals surface area contributed by atoms with Crippen molar-refractivity contribution in [1.29, 1.82) is 0 Å². The van der Waals surface area contributed by atoms with Crippen molar-refractivity contribution in [2.45, 2.75) is 49.0 Å². The van der Waals surface area contributed by atoms with Crippen molar-refractivity contribution >= 4 is 23.5 Å². The maximum atomic E-state index is 14.1. The Bertz CT molecular complexity index is 1000. The topological polar surface area (TPSA) is 59.8 Å². The molecule has 1 aromatic heterocycles. The summed E-state index contributed by atoms with van der Waals surface area (Å²) in [4.78, 5) is 29.5. The van der Waals surface area contributed by atoms with E-state index in [4.69, 9.17) is 9.15 Å². The summed E-state index contributed by atoms with van der Waals surface area (Å²) in [6.07, 6.45) is 3.10. The van der Waals surface area contributed by atoms with Crippen LogP contribution in [0.15, 0.2) is 63.3 Å². The van der Waals surface area contributed by atoms with Gasteiger partial charge in [-0.3, -0.25) is 9.59 Å². The molecule has 7 heteroatoms. The van der Waals surface area contributed by atoms with Crippen LogP contribution in [0.2, 0.25) is 0 Å². The number of carbonyl (C=O) groups excluding carboxylic acids is 2. The van der Waals surface area contributed by atoms with Crippen molar-refractivity contribution in [2.75, 3.05) is 6.26 Å². The van der Waals surface area contributed by atoms with E-state index < -0.39 is 24.2 Å². The van der Waals surface area contributed by atoms with E-state index in [9.17, 15) is 14.0 Å². The van der Waals surface area contributed by atoms with Gasteiger partial charge in [0.2, 0.25) is 0 Å². The summed E-state index contributed by atoms with van der Waals surface area (Å²) in [5.41, 5.74) is 1.19. The van der Waals surface area contributed by atoms with Crippen LogP contribution in [0.5, 0.6) is 0 Å². The highest BCUT2D eigenvalue weighted by Crippen LogP contribution is 2.47. The zero-order chi connectivity index (χ0) is 20.8. The van der Waals surface area contributed by atoms with Crippen LogP contribution in [0.4, 0.5) is 4.39 Å². The van der Waals surface area contributed by atoms with Crippen LogP contribution in [0.3, 0.4) is 0 Å². The van der Waals surface area contributed by atoms with Crippen molar-refractivity contribution < 1.29 is 23.1 Å². The van der Waals surface area contributed by atoms with Gasteiger partial charge in [-0.25, -0.2) is 4.39 Å². The van der Waals surface area contributed by atoms with Gasteiger partial charge < -0.3 is 14.1 Å². The zero-order valence-electron chi connectivity index (χ0n) is 16.5. The van der Waals surface area contributed by atoms with Crippen molar-refractivity contribution in [1.82, 2.24) is 4.90 Å². The summed E-state index contributed by atoms with van der Waals surface area (Å²) in [7, 11) is 0. The quantitative estimate of drug-likeness (QED) is 0.675. The minimum absolute atomic E-state index is 0.129. The number of alkyl halides is 1. The van der Waals surface area contributed by atoms with Gasteiger partial charge in [0, 0.05) is 4.90 Å². The van der Waals surface area contributed by atoms with E-state index in [1.54, 1.807) is 35.1 Å². The number of furan rings is 1. The lowest BCUT2D eigenvalue weighted by molar-refractivity contribution is -0.136. The molecule has 4 atom stereocenters. The molecule has 0 spiro atoms. The molecule has 5 nitrogen and oxygen atoms in total. The predicted molar refractivity (Wildman–Crippen MR) is 109 cm³/mol. The number of thioether (sulfide) groups is 1. The van der Waals surface area contributed by atoms with Crippen molar-refractivity contribution in [3.8, 4) is 0 Å². The molecule has 156 valence electrons. The molecule has 0 bridgehead atoms. The number of Topliss-reactive ketones (excluding diaryl/α,β-unsaturated/α-hetero) is 1. The minimum atomic E-state index is -1.00. The number of fused-ring (bicyclic) bond motifs is 1. The van der Waals surface area contributed by atoms with E-state index in [-0.39, 0.29) is 30.4 Å². The summed E-state index contributed by atoms with van der Waals surface area (Å²) in [5, 5.41) is 0. The van der Waals surface area contributed by atoms with E-state index in [1.165, 1.54) is 0 Å². The number of halogens is 1. The number of carbonyl (C=O) groups is 2. The third-order valence-corrected chi connectivity index (χ3v) is 6.96. The molecule has 3 aliphatic rings. The van der Waals surface area contributed by atoms with Crippen LogP contribution in [-0.2, 0) is 20.9 Å². The van der Waals surface area contributed by atoms with Gasteiger partial charge in [0.15, 0.2) is 11.5 Å². The Morgan fingerprint density at radius 2 is 1.97 bits per heavy atom. The van der Waals surface area contributed by atoms with E-state index in [0.717, 1.165) is 10.5 Å². The normalized spacial score (nSPS) is 28.4.